The number of hydrogen-bond donors (Lipinski definition) is 1. The molecule has 11 nitrogen and oxygen atoms in total. The number of carbonyl (C=O) groups excluding carboxylic acids is 2. The monoisotopic (exact) mass is 680 g/mol. The highest BCUT2D eigenvalue weighted by atomic mass is 19.1. The maximum Gasteiger partial charge on any atom is 0.410 e. The second-order valence-corrected chi connectivity index (χ2v) is 13.2. The highest BCUT2D eigenvalue weighted by Gasteiger charge is 2.42. The van der Waals surface area contributed by atoms with E-state index in [0.29, 0.717) is 47.9 Å². The number of nitrogens with one attached hydrogen (secondary N) is 1. The minimum Gasteiger partial charge on any atom is -0.445 e. The molecule has 2 fully saturated rings. The minimum atomic E-state index is -0.708. The Morgan fingerprint density at radius 1 is 0.960 bits per heavy atom. The standard InChI is InChI=1S/C37H38F2N8O3/c1-21(2)46-23(4)42-34-29(38)16-25(17-31(34)46)33-30(39)18-40-36(44-33)43-32-13-12-28(22(3)41-32)35(48)45-15-14-26-10-11-27(19-45)47(26)37(49)50-20-24-8-6-5-7-9-24/h5-9,12-13,16-18,21,26-27H,10-11,14-15,19-20H2,1-4H3,(H,40,41,43,44). The van der Waals surface area contributed by atoms with Crippen molar-refractivity contribution in [3.63, 3.8) is 0 Å². The van der Waals surface area contributed by atoms with Gasteiger partial charge in [-0.3, -0.25) is 4.79 Å². The number of likely N-dealkylation sites (tertiary alicyclic amines) is 1. The lowest BCUT2D eigenvalue weighted by atomic mass is 10.1. The van der Waals surface area contributed by atoms with Gasteiger partial charge in [0.2, 0.25) is 5.95 Å². The molecule has 0 aliphatic carbocycles. The van der Waals surface area contributed by atoms with Gasteiger partial charge in [-0.15, -0.1) is 0 Å². The predicted octanol–water partition coefficient (Wildman–Crippen LogP) is 7.12. The third-order valence-corrected chi connectivity index (χ3v) is 9.50. The summed E-state index contributed by atoms with van der Waals surface area (Å²) in [7, 11) is 0. The average Bonchev–Trinajstić information content (AvgIpc) is 3.59. The van der Waals surface area contributed by atoms with Crippen LogP contribution in [0.5, 0.6) is 0 Å². The van der Waals surface area contributed by atoms with Gasteiger partial charge < -0.3 is 24.4 Å². The van der Waals surface area contributed by atoms with Crippen molar-refractivity contribution < 1.29 is 23.1 Å². The van der Waals surface area contributed by atoms with Crippen LogP contribution in [0.25, 0.3) is 22.3 Å². The van der Waals surface area contributed by atoms with Crippen LogP contribution in [-0.4, -0.2) is 71.5 Å². The van der Waals surface area contributed by atoms with Gasteiger partial charge in [-0.05, 0) is 76.8 Å². The number of imidazole rings is 1. The number of nitrogens with zero attached hydrogens (tertiary/aromatic N) is 7. The highest BCUT2D eigenvalue weighted by Crippen LogP contribution is 2.33. The van der Waals surface area contributed by atoms with E-state index >= 15 is 8.78 Å². The number of pyridine rings is 1. The number of amides is 2. The van der Waals surface area contributed by atoms with Gasteiger partial charge in [0, 0.05) is 30.7 Å². The van der Waals surface area contributed by atoms with Crippen LogP contribution in [0.3, 0.4) is 0 Å². The lowest BCUT2D eigenvalue weighted by Crippen LogP contribution is -2.44. The molecule has 2 aromatic carbocycles. The first kappa shape index (κ1) is 33.1. The fourth-order valence-electron chi connectivity index (χ4n) is 7.18. The van der Waals surface area contributed by atoms with Crippen LogP contribution in [0.4, 0.5) is 25.3 Å². The third-order valence-electron chi connectivity index (χ3n) is 9.50. The number of halogens is 2. The summed E-state index contributed by atoms with van der Waals surface area (Å²) < 4.78 is 37.7. The van der Waals surface area contributed by atoms with Crippen molar-refractivity contribution in [1.82, 2.24) is 34.3 Å². The van der Waals surface area contributed by atoms with Gasteiger partial charge in [0.05, 0.1) is 29.0 Å². The van der Waals surface area contributed by atoms with E-state index in [1.165, 1.54) is 6.07 Å². The van der Waals surface area contributed by atoms with Crippen LogP contribution >= 0.6 is 0 Å². The molecule has 2 aliphatic rings. The largest absolute Gasteiger partial charge is 0.445 e. The first-order valence-electron chi connectivity index (χ1n) is 16.8. The van der Waals surface area contributed by atoms with Gasteiger partial charge in [-0.25, -0.2) is 33.5 Å². The Balaban J connectivity index is 1.05. The zero-order chi connectivity index (χ0) is 35.1. The molecule has 2 amide bonds. The minimum absolute atomic E-state index is 0.0180. The number of carbonyl (C=O) groups is 2. The van der Waals surface area contributed by atoms with Crippen LogP contribution in [0, 0.1) is 25.5 Å². The Kier molecular flexibility index (Phi) is 8.89. The Hall–Kier alpha value is -5.46. The summed E-state index contributed by atoms with van der Waals surface area (Å²) in [6.07, 6.45) is 3.02. The summed E-state index contributed by atoms with van der Waals surface area (Å²) in [6, 6.07) is 15.7. The molecule has 5 aromatic rings. The maximum absolute atomic E-state index is 15.1. The van der Waals surface area contributed by atoms with Crippen LogP contribution in [-0.2, 0) is 11.3 Å². The summed E-state index contributed by atoms with van der Waals surface area (Å²) in [5.74, 6) is -0.373. The van der Waals surface area contributed by atoms with Gasteiger partial charge in [0.15, 0.2) is 11.6 Å². The molecule has 2 bridgehead atoms. The molecule has 0 saturated carbocycles. The Bertz CT molecular complexity index is 2090. The fourth-order valence-corrected chi connectivity index (χ4v) is 7.18. The molecule has 2 atom stereocenters. The van der Waals surface area contributed by atoms with Crippen molar-refractivity contribution in [3.8, 4) is 11.3 Å². The van der Waals surface area contributed by atoms with Gasteiger partial charge in [0.1, 0.15) is 29.5 Å². The number of anilines is 2. The number of benzene rings is 2. The lowest BCUT2D eigenvalue weighted by molar-refractivity contribution is 0.0687. The summed E-state index contributed by atoms with van der Waals surface area (Å²) in [5.41, 5.74) is 2.78. The summed E-state index contributed by atoms with van der Waals surface area (Å²) in [6.45, 7) is 8.60. The van der Waals surface area contributed by atoms with Crippen molar-refractivity contribution in [2.45, 2.75) is 71.7 Å². The number of aryl methyl sites for hydroxylation is 2. The topological polar surface area (TPSA) is 118 Å². The zero-order valence-corrected chi connectivity index (χ0v) is 28.4. The molecular weight excluding hydrogens is 642 g/mol. The summed E-state index contributed by atoms with van der Waals surface area (Å²) in [4.78, 5) is 47.9. The maximum atomic E-state index is 15.1. The van der Waals surface area contributed by atoms with E-state index in [-0.39, 0.29) is 59.5 Å². The van der Waals surface area contributed by atoms with E-state index in [4.69, 9.17) is 4.74 Å². The summed E-state index contributed by atoms with van der Waals surface area (Å²) >= 11 is 0. The van der Waals surface area contributed by atoms with Crippen molar-refractivity contribution in [1.29, 1.82) is 0 Å². The van der Waals surface area contributed by atoms with E-state index in [1.54, 1.807) is 36.9 Å². The Morgan fingerprint density at radius 3 is 2.50 bits per heavy atom. The number of hydrogen-bond acceptors (Lipinski definition) is 8. The molecule has 5 heterocycles. The van der Waals surface area contributed by atoms with Crippen LogP contribution in [0.15, 0.2) is 60.8 Å². The highest BCUT2D eigenvalue weighted by molar-refractivity contribution is 5.95. The second kappa shape index (κ2) is 13.4. The van der Waals surface area contributed by atoms with E-state index in [2.05, 4.69) is 25.3 Å². The van der Waals surface area contributed by atoms with E-state index in [9.17, 15) is 9.59 Å². The van der Waals surface area contributed by atoms with Crippen molar-refractivity contribution in [2.24, 2.45) is 0 Å². The molecule has 3 aromatic heterocycles. The molecule has 2 saturated heterocycles. The molecule has 258 valence electrons. The van der Waals surface area contributed by atoms with E-state index < -0.39 is 11.6 Å². The van der Waals surface area contributed by atoms with Gasteiger partial charge in [-0.1, -0.05) is 30.3 Å². The third kappa shape index (κ3) is 6.35. The predicted molar refractivity (Wildman–Crippen MR) is 184 cm³/mol. The SMILES string of the molecule is Cc1nc(Nc2ncc(F)c(-c3cc(F)c4nc(C)n(C(C)C)c4c3)n2)ccc1C(=O)N1CCC2CCC(C1)N2C(=O)OCc1ccccc1. The molecule has 13 heteroatoms. The molecule has 2 unspecified atom stereocenters. The van der Waals surface area contributed by atoms with Gasteiger partial charge in [-0.2, -0.15) is 0 Å². The fraction of sp³-hybridized carbons (Fsp3) is 0.351. The first-order valence-corrected chi connectivity index (χ1v) is 16.8. The van der Waals surface area contributed by atoms with Crippen molar-refractivity contribution in [2.75, 3.05) is 18.4 Å². The molecule has 0 spiro atoms. The molecule has 7 rings (SSSR count). The number of aromatic nitrogens is 5. The van der Waals surface area contributed by atoms with Gasteiger partial charge in [0.25, 0.3) is 5.91 Å². The number of fused-ring (bicyclic) bond motifs is 3. The number of rotatable bonds is 7. The molecule has 50 heavy (non-hydrogen) atoms. The number of ether oxygens (including phenoxy) is 1. The zero-order valence-electron chi connectivity index (χ0n) is 28.4. The molecule has 2 aliphatic heterocycles. The van der Waals surface area contributed by atoms with Crippen LogP contribution in [0.1, 0.15) is 66.6 Å². The van der Waals surface area contributed by atoms with Gasteiger partial charge >= 0.3 is 6.09 Å². The van der Waals surface area contributed by atoms with Crippen molar-refractivity contribution in [3.05, 3.63) is 95.1 Å². The van der Waals surface area contributed by atoms with Crippen LogP contribution < -0.4 is 5.32 Å². The average molecular weight is 681 g/mol. The Morgan fingerprint density at radius 2 is 1.74 bits per heavy atom. The second-order valence-electron chi connectivity index (χ2n) is 13.2. The lowest BCUT2D eigenvalue weighted by Gasteiger charge is -2.28. The molecular formula is C37H38F2N8O3. The first-order chi connectivity index (χ1) is 24.1. The quantitative estimate of drug-likeness (QED) is 0.193. The van der Waals surface area contributed by atoms with Crippen molar-refractivity contribution >= 4 is 34.8 Å². The van der Waals surface area contributed by atoms with E-state index in [0.717, 1.165) is 24.6 Å². The Labute approximate surface area is 288 Å². The smallest absolute Gasteiger partial charge is 0.410 e. The normalized spacial score (nSPS) is 17.3. The molecule has 1 N–H and O–H groups in total. The van der Waals surface area contributed by atoms with Crippen LogP contribution in [0.2, 0.25) is 0 Å². The van der Waals surface area contributed by atoms with E-state index in [1.807, 2.05) is 53.6 Å². The summed E-state index contributed by atoms with van der Waals surface area (Å²) in [5, 5.41) is 2.99. The molecule has 0 radical (unpaired) electrons.